The van der Waals surface area contributed by atoms with Gasteiger partial charge in [-0.25, -0.2) is 9.78 Å². The SMILES string of the molecule is NC(CC(=O)O)C(=O)NC(Cc1cnc[nH]1)C(=O)NCC(=O)NC(CS)C(=O)O. The van der Waals surface area contributed by atoms with E-state index < -0.39 is 60.8 Å². The number of carbonyl (C=O) groups is 5. The number of nitrogens with one attached hydrogen (secondary N) is 4. The minimum Gasteiger partial charge on any atom is -0.481 e. The number of carbonyl (C=O) groups excluding carboxylic acids is 3. The van der Waals surface area contributed by atoms with Crippen molar-refractivity contribution in [2.45, 2.75) is 31.0 Å². The third-order valence-corrected chi connectivity index (χ3v) is 3.95. The standard InChI is InChI=1S/C15H22N6O7S/c16-8(2-12(23)24)13(25)21-9(1-7-3-17-6-19-7)14(26)18-4-11(22)20-10(5-29)15(27)28/h3,6,8-10,29H,1-2,4-5,16H2,(H,17,19)(H,18,26)(H,20,22)(H,21,25)(H,23,24)(H,27,28). The Morgan fingerprint density at radius 1 is 1.14 bits per heavy atom. The van der Waals surface area contributed by atoms with Crippen LogP contribution in [0.1, 0.15) is 12.1 Å². The second-order valence-corrected chi connectivity index (χ2v) is 6.27. The van der Waals surface area contributed by atoms with Crippen molar-refractivity contribution in [3.8, 4) is 0 Å². The fourth-order valence-corrected chi connectivity index (χ4v) is 2.35. The van der Waals surface area contributed by atoms with Gasteiger partial charge in [0.2, 0.25) is 17.7 Å². The molecule has 0 aliphatic heterocycles. The Morgan fingerprint density at radius 3 is 2.34 bits per heavy atom. The first-order chi connectivity index (χ1) is 13.6. The van der Waals surface area contributed by atoms with E-state index in [1.807, 2.05) is 0 Å². The van der Waals surface area contributed by atoms with E-state index >= 15 is 0 Å². The van der Waals surface area contributed by atoms with Crippen LogP contribution in [0, 0.1) is 0 Å². The molecule has 13 nitrogen and oxygen atoms in total. The number of aliphatic carboxylic acids is 2. The molecular weight excluding hydrogens is 408 g/mol. The molecule has 3 atom stereocenters. The Bertz CT molecular complexity index is 742. The van der Waals surface area contributed by atoms with Crippen LogP contribution < -0.4 is 21.7 Å². The predicted molar refractivity (Wildman–Crippen MR) is 101 cm³/mol. The van der Waals surface area contributed by atoms with E-state index in [2.05, 4.69) is 38.5 Å². The van der Waals surface area contributed by atoms with Crippen LogP contribution in [0.25, 0.3) is 0 Å². The minimum absolute atomic E-state index is 0.0344. The van der Waals surface area contributed by atoms with Crippen molar-refractivity contribution >= 4 is 42.3 Å². The maximum Gasteiger partial charge on any atom is 0.327 e. The van der Waals surface area contributed by atoms with Gasteiger partial charge >= 0.3 is 11.9 Å². The average Bonchev–Trinajstić information content (AvgIpc) is 3.15. The molecule has 1 rings (SSSR count). The van der Waals surface area contributed by atoms with E-state index in [9.17, 15) is 24.0 Å². The number of H-pyrrole nitrogens is 1. The van der Waals surface area contributed by atoms with E-state index in [1.54, 1.807) is 0 Å². The second-order valence-electron chi connectivity index (χ2n) is 5.91. The molecule has 0 aliphatic rings. The van der Waals surface area contributed by atoms with Crippen molar-refractivity contribution in [3.05, 3.63) is 18.2 Å². The summed E-state index contributed by atoms with van der Waals surface area (Å²) in [5.74, 6) is -5.10. The first-order valence-corrected chi connectivity index (χ1v) is 8.93. The lowest BCUT2D eigenvalue weighted by Crippen LogP contribution is -2.54. The molecule has 0 saturated carbocycles. The summed E-state index contributed by atoms with van der Waals surface area (Å²) in [6.45, 7) is -0.549. The Hall–Kier alpha value is -3.13. The normalized spacial score (nSPS) is 13.6. The van der Waals surface area contributed by atoms with Crippen molar-refractivity contribution in [1.82, 2.24) is 25.9 Å². The lowest BCUT2D eigenvalue weighted by Gasteiger charge is -2.20. The van der Waals surface area contributed by atoms with Crippen molar-refractivity contribution in [2.75, 3.05) is 12.3 Å². The van der Waals surface area contributed by atoms with Gasteiger partial charge in [-0.3, -0.25) is 19.2 Å². The maximum atomic E-state index is 12.4. The van der Waals surface area contributed by atoms with E-state index in [-0.39, 0.29) is 12.2 Å². The van der Waals surface area contributed by atoms with Crippen molar-refractivity contribution < 1.29 is 34.2 Å². The van der Waals surface area contributed by atoms with Crippen molar-refractivity contribution in [1.29, 1.82) is 0 Å². The molecule has 0 spiro atoms. The van der Waals surface area contributed by atoms with Gasteiger partial charge in [0.05, 0.1) is 25.3 Å². The molecule has 160 valence electrons. The van der Waals surface area contributed by atoms with E-state index in [0.29, 0.717) is 5.69 Å². The van der Waals surface area contributed by atoms with E-state index in [4.69, 9.17) is 15.9 Å². The summed E-state index contributed by atoms with van der Waals surface area (Å²) in [6, 6.07) is -3.78. The molecular formula is C15H22N6O7S. The van der Waals surface area contributed by atoms with Crippen LogP contribution in [-0.2, 0) is 30.4 Å². The topological polar surface area (TPSA) is 217 Å². The lowest BCUT2D eigenvalue weighted by molar-refractivity contribution is -0.141. The quantitative estimate of drug-likeness (QED) is 0.157. The van der Waals surface area contributed by atoms with Gasteiger partial charge in [-0.1, -0.05) is 0 Å². The Labute approximate surface area is 170 Å². The molecule has 0 bridgehead atoms. The second kappa shape index (κ2) is 11.7. The average molecular weight is 430 g/mol. The number of carboxylic acid groups (broad SMARTS) is 2. The third kappa shape index (κ3) is 8.61. The van der Waals surface area contributed by atoms with Crippen LogP contribution in [0.3, 0.4) is 0 Å². The van der Waals surface area contributed by atoms with Gasteiger partial charge in [-0.15, -0.1) is 0 Å². The van der Waals surface area contributed by atoms with E-state index in [0.717, 1.165) is 0 Å². The van der Waals surface area contributed by atoms with Crippen LogP contribution in [0.5, 0.6) is 0 Å². The number of hydrogen-bond donors (Lipinski definition) is 8. The molecule has 29 heavy (non-hydrogen) atoms. The van der Waals surface area contributed by atoms with Crippen LogP contribution in [0.2, 0.25) is 0 Å². The zero-order valence-electron chi connectivity index (χ0n) is 15.1. The number of nitrogens with zero attached hydrogens (tertiary/aromatic N) is 1. The third-order valence-electron chi connectivity index (χ3n) is 3.58. The van der Waals surface area contributed by atoms with Crippen LogP contribution >= 0.6 is 12.6 Å². The molecule has 1 aromatic rings. The number of hydrogen-bond acceptors (Lipinski definition) is 8. The fraction of sp³-hybridized carbons (Fsp3) is 0.467. The van der Waals surface area contributed by atoms with Crippen molar-refractivity contribution in [3.63, 3.8) is 0 Å². The van der Waals surface area contributed by atoms with Gasteiger partial charge in [0.1, 0.15) is 12.1 Å². The van der Waals surface area contributed by atoms with Gasteiger partial charge in [-0.2, -0.15) is 12.6 Å². The molecule has 0 aromatic carbocycles. The zero-order valence-corrected chi connectivity index (χ0v) is 16.0. The Morgan fingerprint density at radius 2 is 1.83 bits per heavy atom. The Kier molecular flexibility index (Phi) is 9.61. The van der Waals surface area contributed by atoms with Crippen molar-refractivity contribution in [2.24, 2.45) is 5.73 Å². The summed E-state index contributed by atoms with van der Waals surface area (Å²) in [5.41, 5.74) is 5.98. The first kappa shape index (κ1) is 23.9. The summed E-state index contributed by atoms with van der Waals surface area (Å²) in [6.07, 6.45) is 2.11. The van der Waals surface area contributed by atoms with Gasteiger partial charge in [0.25, 0.3) is 0 Å². The summed E-state index contributed by atoms with van der Waals surface area (Å²) in [5, 5.41) is 24.4. The van der Waals surface area contributed by atoms with Gasteiger partial charge < -0.3 is 36.9 Å². The number of rotatable bonds is 12. The molecule has 0 fully saturated rings. The summed E-state index contributed by atoms with van der Waals surface area (Å²) >= 11 is 3.81. The number of amides is 3. The lowest BCUT2D eigenvalue weighted by atomic mass is 10.1. The number of aromatic amines is 1. The van der Waals surface area contributed by atoms with Gasteiger partial charge in [-0.05, 0) is 0 Å². The highest BCUT2D eigenvalue weighted by molar-refractivity contribution is 7.80. The summed E-state index contributed by atoms with van der Waals surface area (Å²) < 4.78 is 0. The molecule has 0 saturated heterocycles. The minimum atomic E-state index is -1.38. The number of aromatic nitrogens is 2. The zero-order chi connectivity index (χ0) is 22.0. The highest BCUT2D eigenvalue weighted by Gasteiger charge is 2.26. The summed E-state index contributed by atoms with van der Waals surface area (Å²) in [7, 11) is 0. The van der Waals surface area contributed by atoms with Crippen LogP contribution in [0.4, 0.5) is 0 Å². The molecule has 3 amide bonds. The smallest absolute Gasteiger partial charge is 0.327 e. The van der Waals surface area contributed by atoms with E-state index in [1.165, 1.54) is 12.5 Å². The molecule has 1 aromatic heterocycles. The summed E-state index contributed by atoms with van der Waals surface area (Å²) in [4.78, 5) is 64.4. The number of thiol groups is 1. The molecule has 0 aliphatic carbocycles. The first-order valence-electron chi connectivity index (χ1n) is 8.29. The maximum absolute atomic E-state index is 12.4. The largest absolute Gasteiger partial charge is 0.481 e. The monoisotopic (exact) mass is 430 g/mol. The number of imidazole rings is 1. The Balaban J connectivity index is 2.72. The number of carboxylic acids is 2. The predicted octanol–water partition coefficient (Wildman–Crippen LogP) is -3.15. The number of nitrogens with two attached hydrogens (primary N) is 1. The van der Waals surface area contributed by atoms with Crippen LogP contribution in [-0.4, -0.2) is 80.3 Å². The van der Waals surface area contributed by atoms with Crippen LogP contribution in [0.15, 0.2) is 12.5 Å². The molecule has 14 heteroatoms. The molecule has 0 radical (unpaired) electrons. The highest BCUT2D eigenvalue weighted by Crippen LogP contribution is 2.01. The van der Waals surface area contributed by atoms with Gasteiger partial charge in [0.15, 0.2) is 0 Å². The molecule has 3 unspecified atom stereocenters. The molecule has 1 heterocycles. The highest BCUT2D eigenvalue weighted by atomic mass is 32.1. The molecule has 8 N–H and O–H groups in total. The fourth-order valence-electron chi connectivity index (χ4n) is 2.11. The van der Waals surface area contributed by atoms with Gasteiger partial charge in [0, 0.05) is 24.1 Å².